The molecule has 0 unspecified atom stereocenters. The molecule has 3 rings (SSSR count). The number of rotatable bonds is 5. The van der Waals surface area contributed by atoms with E-state index in [1.165, 1.54) is 21.3 Å². The Kier molecular flexibility index (Phi) is 4.93. The third kappa shape index (κ3) is 3.26. The molecule has 0 spiro atoms. The van der Waals surface area contributed by atoms with Crippen molar-refractivity contribution in [3.8, 4) is 17.2 Å². The van der Waals surface area contributed by atoms with Gasteiger partial charge in [-0.15, -0.1) is 0 Å². The molecule has 6 nitrogen and oxygen atoms in total. The molecule has 0 fully saturated rings. The number of ether oxygens (including phenoxy) is 3. The number of hydrogen-bond acceptors (Lipinski definition) is 5. The zero-order valence-corrected chi connectivity index (χ0v) is 15.1. The highest BCUT2D eigenvalue weighted by molar-refractivity contribution is 6.09. The van der Waals surface area contributed by atoms with Gasteiger partial charge < -0.3 is 19.5 Å². The summed E-state index contributed by atoms with van der Waals surface area (Å²) >= 11 is 0. The number of hydrogen-bond donors (Lipinski definition) is 1. The maximum absolute atomic E-state index is 12.8. The minimum atomic E-state index is -0.279. The van der Waals surface area contributed by atoms with Crippen molar-refractivity contribution in [3.05, 3.63) is 53.7 Å². The summed E-state index contributed by atoms with van der Waals surface area (Å²) in [6, 6.07) is 10.9. The molecule has 134 valence electrons. The first kappa shape index (κ1) is 17.5. The zero-order chi connectivity index (χ0) is 18.7. The second-order valence-electron chi connectivity index (χ2n) is 5.75. The molecular formula is C20H20N2O4. The quantitative estimate of drug-likeness (QED) is 0.756. The second kappa shape index (κ2) is 7.31. The first-order valence-corrected chi connectivity index (χ1v) is 8.04. The molecule has 0 aliphatic rings. The van der Waals surface area contributed by atoms with Crippen LogP contribution in [0.1, 0.15) is 15.9 Å². The minimum absolute atomic E-state index is 0.279. The monoisotopic (exact) mass is 352 g/mol. The molecule has 0 saturated heterocycles. The highest BCUT2D eigenvalue weighted by atomic mass is 16.5. The normalized spacial score (nSPS) is 10.5. The number of nitrogens with zero attached hydrogens (tertiary/aromatic N) is 1. The first-order chi connectivity index (χ1) is 12.6. The number of anilines is 1. The number of nitrogens with one attached hydrogen (secondary N) is 1. The summed E-state index contributed by atoms with van der Waals surface area (Å²) < 4.78 is 15.9. The van der Waals surface area contributed by atoms with Crippen molar-refractivity contribution in [3.63, 3.8) is 0 Å². The number of pyridine rings is 1. The van der Waals surface area contributed by atoms with Crippen molar-refractivity contribution in [1.29, 1.82) is 0 Å². The van der Waals surface area contributed by atoms with Crippen molar-refractivity contribution < 1.29 is 19.0 Å². The second-order valence-corrected chi connectivity index (χ2v) is 5.75. The third-order valence-corrected chi connectivity index (χ3v) is 4.07. The van der Waals surface area contributed by atoms with Gasteiger partial charge in [-0.3, -0.25) is 9.78 Å². The zero-order valence-electron chi connectivity index (χ0n) is 15.1. The smallest absolute Gasteiger partial charge is 0.255 e. The molecule has 3 aromatic rings. The lowest BCUT2D eigenvalue weighted by atomic mass is 10.1. The predicted molar refractivity (Wildman–Crippen MR) is 101 cm³/mol. The van der Waals surface area contributed by atoms with Gasteiger partial charge in [-0.1, -0.05) is 11.6 Å². The van der Waals surface area contributed by atoms with Crippen LogP contribution in [0.25, 0.3) is 10.9 Å². The summed E-state index contributed by atoms with van der Waals surface area (Å²) in [5, 5.41) is 3.82. The number of carbonyl (C=O) groups excluding carboxylic acids is 1. The van der Waals surface area contributed by atoms with E-state index in [2.05, 4.69) is 10.3 Å². The van der Waals surface area contributed by atoms with E-state index >= 15 is 0 Å². The molecule has 0 saturated carbocycles. The topological polar surface area (TPSA) is 69.7 Å². The average molecular weight is 352 g/mol. The SMILES string of the molecule is COc1cc(C(=O)Nc2ccnc3ccc(C)cc23)cc(OC)c1OC. The van der Waals surface area contributed by atoms with Crippen LogP contribution in [0, 0.1) is 6.92 Å². The van der Waals surface area contributed by atoms with E-state index < -0.39 is 0 Å². The predicted octanol–water partition coefficient (Wildman–Crippen LogP) is 3.82. The van der Waals surface area contributed by atoms with Crippen LogP contribution >= 0.6 is 0 Å². The van der Waals surface area contributed by atoms with Gasteiger partial charge in [0.25, 0.3) is 5.91 Å². The Bertz CT molecular complexity index is 944. The molecule has 2 aromatic carbocycles. The summed E-state index contributed by atoms with van der Waals surface area (Å²) in [5.41, 5.74) is 3.00. The maximum Gasteiger partial charge on any atom is 0.255 e. The summed E-state index contributed by atoms with van der Waals surface area (Å²) in [4.78, 5) is 17.1. The maximum atomic E-state index is 12.8. The number of fused-ring (bicyclic) bond motifs is 1. The molecule has 26 heavy (non-hydrogen) atoms. The Morgan fingerprint density at radius 2 is 1.65 bits per heavy atom. The third-order valence-electron chi connectivity index (χ3n) is 4.07. The van der Waals surface area contributed by atoms with Crippen molar-refractivity contribution in [2.75, 3.05) is 26.6 Å². The number of amides is 1. The fourth-order valence-corrected chi connectivity index (χ4v) is 2.78. The summed E-state index contributed by atoms with van der Waals surface area (Å²) in [7, 11) is 4.54. The van der Waals surface area contributed by atoms with Crippen LogP contribution in [0.15, 0.2) is 42.6 Å². The van der Waals surface area contributed by atoms with E-state index in [1.807, 2.05) is 25.1 Å². The molecule has 1 heterocycles. The van der Waals surface area contributed by atoms with Crippen molar-refractivity contribution in [2.24, 2.45) is 0 Å². The van der Waals surface area contributed by atoms with Crippen molar-refractivity contribution in [1.82, 2.24) is 4.98 Å². The lowest BCUT2D eigenvalue weighted by molar-refractivity contribution is 0.102. The first-order valence-electron chi connectivity index (χ1n) is 8.04. The van der Waals surface area contributed by atoms with Gasteiger partial charge in [0.2, 0.25) is 5.75 Å². The molecule has 6 heteroatoms. The highest BCUT2D eigenvalue weighted by Gasteiger charge is 2.17. The lowest BCUT2D eigenvalue weighted by Gasteiger charge is -2.14. The molecule has 0 aliphatic carbocycles. The summed E-state index contributed by atoms with van der Waals surface area (Å²) in [6.45, 7) is 2.00. The Labute approximate surface area is 151 Å². The van der Waals surface area contributed by atoms with Crippen LogP contribution in [0.4, 0.5) is 5.69 Å². The summed E-state index contributed by atoms with van der Waals surface area (Å²) in [6.07, 6.45) is 1.67. The minimum Gasteiger partial charge on any atom is -0.493 e. The van der Waals surface area contributed by atoms with Gasteiger partial charge in [-0.25, -0.2) is 0 Å². The van der Waals surface area contributed by atoms with E-state index in [1.54, 1.807) is 24.4 Å². The van der Waals surface area contributed by atoms with Gasteiger partial charge in [0.1, 0.15) is 0 Å². The summed E-state index contributed by atoms with van der Waals surface area (Å²) in [5.74, 6) is 1.01. The molecule has 1 amide bonds. The number of aromatic nitrogens is 1. The number of aryl methyl sites for hydroxylation is 1. The van der Waals surface area contributed by atoms with E-state index in [0.717, 1.165) is 16.5 Å². The van der Waals surface area contributed by atoms with Gasteiger partial charge in [0.05, 0.1) is 32.5 Å². The number of carbonyl (C=O) groups is 1. The van der Waals surface area contributed by atoms with Crippen LogP contribution in [0.3, 0.4) is 0 Å². The van der Waals surface area contributed by atoms with Crippen LogP contribution < -0.4 is 19.5 Å². The molecule has 0 bridgehead atoms. The van der Waals surface area contributed by atoms with Crippen LogP contribution in [0.2, 0.25) is 0 Å². The molecule has 0 radical (unpaired) electrons. The van der Waals surface area contributed by atoms with Gasteiger partial charge in [-0.05, 0) is 37.3 Å². The fraction of sp³-hybridized carbons (Fsp3) is 0.200. The van der Waals surface area contributed by atoms with Gasteiger partial charge >= 0.3 is 0 Å². The van der Waals surface area contributed by atoms with E-state index in [9.17, 15) is 4.79 Å². The Morgan fingerprint density at radius 3 is 2.27 bits per heavy atom. The Morgan fingerprint density at radius 1 is 0.962 bits per heavy atom. The Hall–Kier alpha value is -3.28. The number of methoxy groups -OCH3 is 3. The lowest BCUT2D eigenvalue weighted by Crippen LogP contribution is -2.13. The molecular weight excluding hydrogens is 332 g/mol. The van der Waals surface area contributed by atoms with Crippen molar-refractivity contribution >= 4 is 22.5 Å². The van der Waals surface area contributed by atoms with E-state index in [0.29, 0.717) is 28.5 Å². The van der Waals surface area contributed by atoms with Gasteiger partial charge in [0.15, 0.2) is 11.5 Å². The average Bonchev–Trinajstić information content (AvgIpc) is 2.67. The highest BCUT2D eigenvalue weighted by Crippen LogP contribution is 2.38. The van der Waals surface area contributed by atoms with Crippen LogP contribution in [-0.2, 0) is 0 Å². The Balaban J connectivity index is 2.00. The molecule has 1 aromatic heterocycles. The molecule has 0 atom stereocenters. The molecule has 1 N–H and O–H groups in total. The van der Waals surface area contributed by atoms with E-state index in [4.69, 9.17) is 14.2 Å². The largest absolute Gasteiger partial charge is 0.493 e. The molecule has 0 aliphatic heterocycles. The van der Waals surface area contributed by atoms with Crippen molar-refractivity contribution in [2.45, 2.75) is 6.92 Å². The standard InChI is InChI=1S/C20H20N2O4/c1-12-5-6-15-14(9-12)16(7-8-21-15)22-20(23)13-10-17(24-2)19(26-4)18(11-13)25-3/h5-11H,1-4H3,(H,21,22,23). The van der Waals surface area contributed by atoms with E-state index in [-0.39, 0.29) is 5.91 Å². The van der Waals surface area contributed by atoms with Crippen LogP contribution in [-0.4, -0.2) is 32.2 Å². The number of benzene rings is 2. The fourth-order valence-electron chi connectivity index (χ4n) is 2.78. The van der Waals surface area contributed by atoms with Crippen LogP contribution in [0.5, 0.6) is 17.2 Å². The van der Waals surface area contributed by atoms with Gasteiger partial charge in [-0.2, -0.15) is 0 Å². The van der Waals surface area contributed by atoms with Gasteiger partial charge in [0, 0.05) is 17.1 Å².